The highest BCUT2D eigenvalue weighted by atomic mass is 16.5. The number of amides is 1. The average Bonchev–Trinajstić information content (AvgIpc) is 2.73. The molecule has 0 fully saturated rings. The molecule has 2 heterocycles. The Kier molecular flexibility index (Phi) is 5.99. The zero-order valence-corrected chi connectivity index (χ0v) is 15.3. The fraction of sp³-hybridized carbons (Fsp3) is 0.190. The summed E-state index contributed by atoms with van der Waals surface area (Å²) >= 11 is 0. The molecule has 6 nitrogen and oxygen atoms in total. The Morgan fingerprint density at radius 2 is 1.85 bits per heavy atom. The first-order chi connectivity index (χ1) is 13.2. The number of carbonyl (C=O) groups excluding carboxylic acids is 1. The number of ether oxygens (including phenoxy) is 2. The van der Waals surface area contributed by atoms with Crippen molar-refractivity contribution in [3.05, 3.63) is 72.2 Å². The third-order valence-corrected chi connectivity index (χ3v) is 4.08. The molecule has 0 saturated heterocycles. The molecule has 1 aromatic carbocycles. The summed E-state index contributed by atoms with van der Waals surface area (Å²) in [5, 5.41) is 2.94. The van der Waals surface area contributed by atoms with E-state index in [1.165, 1.54) is 0 Å². The highest BCUT2D eigenvalue weighted by Gasteiger charge is 2.09. The van der Waals surface area contributed by atoms with E-state index < -0.39 is 0 Å². The van der Waals surface area contributed by atoms with Gasteiger partial charge < -0.3 is 14.8 Å². The molecule has 6 heteroatoms. The normalized spacial score (nSPS) is 10.3. The van der Waals surface area contributed by atoms with Crippen LogP contribution in [0.15, 0.2) is 61.1 Å². The summed E-state index contributed by atoms with van der Waals surface area (Å²) in [6.07, 6.45) is 5.49. The minimum Gasteiger partial charge on any atom is -0.493 e. The Morgan fingerprint density at radius 3 is 2.59 bits per heavy atom. The van der Waals surface area contributed by atoms with Crippen LogP contribution in [-0.4, -0.2) is 30.1 Å². The zero-order chi connectivity index (χ0) is 19.1. The van der Waals surface area contributed by atoms with Gasteiger partial charge in [-0.3, -0.25) is 14.8 Å². The summed E-state index contributed by atoms with van der Waals surface area (Å²) in [5.74, 6) is 1.18. The molecule has 0 spiro atoms. The Hall–Kier alpha value is -3.41. The highest BCUT2D eigenvalue weighted by Crippen LogP contribution is 2.27. The predicted octanol–water partition coefficient (Wildman–Crippen LogP) is 3.02. The molecule has 0 aliphatic carbocycles. The summed E-state index contributed by atoms with van der Waals surface area (Å²) in [6.45, 7) is 0.432. The van der Waals surface area contributed by atoms with Crippen LogP contribution in [0.5, 0.6) is 11.5 Å². The van der Waals surface area contributed by atoms with Gasteiger partial charge in [0.2, 0.25) is 5.91 Å². The maximum atomic E-state index is 12.3. The van der Waals surface area contributed by atoms with E-state index in [0.29, 0.717) is 18.0 Å². The van der Waals surface area contributed by atoms with Gasteiger partial charge in [0, 0.05) is 30.7 Å². The third-order valence-electron chi connectivity index (χ3n) is 4.08. The number of carbonyl (C=O) groups is 1. The molecule has 0 bridgehead atoms. The van der Waals surface area contributed by atoms with Gasteiger partial charge in [-0.15, -0.1) is 0 Å². The highest BCUT2D eigenvalue weighted by molar-refractivity contribution is 5.78. The summed E-state index contributed by atoms with van der Waals surface area (Å²) < 4.78 is 10.5. The number of nitrogens with one attached hydrogen (secondary N) is 1. The van der Waals surface area contributed by atoms with E-state index in [4.69, 9.17) is 9.47 Å². The van der Waals surface area contributed by atoms with Crippen LogP contribution in [0.25, 0.3) is 11.3 Å². The first kappa shape index (κ1) is 18.4. The van der Waals surface area contributed by atoms with E-state index in [1.807, 2.05) is 36.4 Å². The van der Waals surface area contributed by atoms with Crippen LogP contribution >= 0.6 is 0 Å². The van der Waals surface area contributed by atoms with Gasteiger partial charge in [0.05, 0.1) is 26.3 Å². The van der Waals surface area contributed by atoms with Crippen LogP contribution in [0.3, 0.4) is 0 Å². The minimum absolute atomic E-state index is 0.0676. The maximum Gasteiger partial charge on any atom is 0.224 e. The zero-order valence-electron chi connectivity index (χ0n) is 15.3. The molecule has 0 atom stereocenters. The van der Waals surface area contributed by atoms with Crippen LogP contribution in [0.1, 0.15) is 11.1 Å². The SMILES string of the molecule is COc1ccc(CC(=O)NCc2ccnc(-c3cccnc3)c2)cc1OC. The van der Waals surface area contributed by atoms with Crippen molar-refractivity contribution in [2.24, 2.45) is 0 Å². The summed E-state index contributed by atoms with van der Waals surface area (Å²) in [6, 6.07) is 13.1. The van der Waals surface area contributed by atoms with E-state index in [1.54, 1.807) is 38.9 Å². The molecule has 0 aliphatic rings. The van der Waals surface area contributed by atoms with Crippen LogP contribution in [0.4, 0.5) is 0 Å². The number of nitrogens with zero attached hydrogens (tertiary/aromatic N) is 2. The quantitative estimate of drug-likeness (QED) is 0.698. The molecule has 0 aliphatic heterocycles. The standard InChI is InChI=1S/C21H21N3O3/c1-26-19-6-5-15(11-20(19)27-2)12-21(25)24-13-16-7-9-23-18(10-16)17-4-3-8-22-14-17/h3-11,14H,12-13H2,1-2H3,(H,24,25). The van der Waals surface area contributed by atoms with Crippen LogP contribution in [0.2, 0.25) is 0 Å². The first-order valence-electron chi connectivity index (χ1n) is 8.52. The molecular formula is C21H21N3O3. The number of pyridine rings is 2. The van der Waals surface area contributed by atoms with E-state index >= 15 is 0 Å². The molecule has 1 N–H and O–H groups in total. The molecule has 0 saturated carbocycles. The molecule has 0 unspecified atom stereocenters. The Labute approximate surface area is 158 Å². The van der Waals surface area contributed by atoms with E-state index in [-0.39, 0.29) is 12.3 Å². The largest absolute Gasteiger partial charge is 0.493 e. The van der Waals surface area contributed by atoms with Crippen molar-refractivity contribution in [1.29, 1.82) is 0 Å². The second-order valence-corrected chi connectivity index (χ2v) is 5.93. The second-order valence-electron chi connectivity index (χ2n) is 5.93. The molecule has 2 aromatic heterocycles. The lowest BCUT2D eigenvalue weighted by atomic mass is 10.1. The first-order valence-corrected chi connectivity index (χ1v) is 8.52. The number of benzene rings is 1. The second kappa shape index (κ2) is 8.80. The Bertz CT molecular complexity index is 914. The van der Waals surface area contributed by atoms with Crippen molar-refractivity contribution >= 4 is 5.91 Å². The lowest BCUT2D eigenvalue weighted by Crippen LogP contribution is -2.24. The summed E-state index contributed by atoms with van der Waals surface area (Å²) in [4.78, 5) is 20.8. The van der Waals surface area contributed by atoms with Crippen LogP contribution in [0, 0.1) is 0 Å². The number of methoxy groups -OCH3 is 2. The van der Waals surface area contributed by atoms with Crippen molar-refractivity contribution in [2.45, 2.75) is 13.0 Å². The lowest BCUT2D eigenvalue weighted by Gasteiger charge is -2.10. The molecule has 1 amide bonds. The number of hydrogen-bond acceptors (Lipinski definition) is 5. The van der Waals surface area contributed by atoms with Gasteiger partial charge in [-0.25, -0.2) is 0 Å². The van der Waals surface area contributed by atoms with Gasteiger partial charge in [-0.1, -0.05) is 6.07 Å². The summed E-state index contributed by atoms with van der Waals surface area (Å²) in [5.41, 5.74) is 3.60. The fourth-order valence-corrected chi connectivity index (χ4v) is 2.70. The van der Waals surface area contributed by atoms with E-state index in [2.05, 4.69) is 15.3 Å². The van der Waals surface area contributed by atoms with Gasteiger partial charge in [0.1, 0.15) is 0 Å². The van der Waals surface area contributed by atoms with Crippen LogP contribution in [-0.2, 0) is 17.8 Å². The number of rotatable bonds is 7. The molecule has 3 aromatic rings. The topological polar surface area (TPSA) is 73.3 Å². The summed E-state index contributed by atoms with van der Waals surface area (Å²) in [7, 11) is 3.16. The molecule has 0 radical (unpaired) electrons. The van der Waals surface area contributed by atoms with Crippen molar-refractivity contribution in [1.82, 2.24) is 15.3 Å². The van der Waals surface area contributed by atoms with Gasteiger partial charge in [-0.05, 0) is 47.5 Å². The predicted molar refractivity (Wildman–Crippen MR) is 103 cm³/mol. The smallest absolute Gasteiger partial charge is 0.224 e. The maximum absolute atomic E-state index is 12.3. The Balaban J connectivity index is 1.61. The minimum atomic E-state index is -0.0676. The third kappa shape index (κ3) is 4.82. The molecule has 27 heavy (non-hydrogen) atoms. The molecule has 138 valence electrons. The van der Waals surface area contributed by atoms with Crippen molar-refractivity contribution < 1.29 is 14.3 Å². The van der Waals surface area contributed by atoms with Gasteiger partial charge >= 0.3 is 0 Å². The van der Waals surface area contributed by atoms with Gasteiger partial charge in [0.15, 0.2) is 11.5 Å². The van der Waals surface area contributed by atoms with Crippen molar-refractivity contribution in [3.63, 3.8) is 0 Å². The molecule has 3 rings (SSSR count). The molecular weight excluding hydrogens is 342 g/mol. The van der Waals surface area contributed by atoms with Gasteiger partial charge in [0.25, 0.3) is 0 Å². The fourth-order valence-electron chi connectivity index (χ4n) is 2.70. The average molecular weight is 363 g/mol. The monoisotopic (exact) mass is 363 g/mol. The van der Waals surface area contributed by atoms with Crippen molar-refractivity contribution in [2.75, 3.05) is 14.2 Å². The number of aromatic nitrogens is 2. The Morgan fingerprint density at radius 1 is 1.00 bits per heavy atom. The van der Waals surface area contributed by atoms with Gasteiger partial charge in [-0.2, -0.15) is 0 Å². The number of hydrogen-bond donors (Lipinski definition) is 1. The van der Waals surface area contributed by atoms with Crippen molar-refractivity contribution in [3.8, 4) is 22.8 Å². The van der Waals surface area contributed by atoms with Crippen LogP contribution < -0.4 is 14.8 Å². The van der Waals surface area contributed by atoms with E-state index in [9.17, 15) is 4.79 Å². The lowest BCUT2D eigenvalue weighted by molar-refractivity contribution is -0.120. The van der Waals surface area contributed by atoms with E-state index in [0.717, 1.165) is 22.4 Å².